The van der Waals surface area contributed by atoms with Crippen LogP contribution in [0.2, 0.25) is 5.02 Å². The summed E-state index contributed by atoms with van der Waals surface area (Å²) in [5.74, 6) is -0.841. The van der Waals surface area contributed by atoms with Crippen molar-refractivity contribution in [2.24, 2.45) is 5.73 Å². The van der Waals surface area contributed by atoms with Crippen LogP contribution in [-0.2, 0) is 14.3 Å². The number of furan rings is 1. The van der Waals surface area contributed by atoms with Crippen LogP contribution in [0.5, 0.6) is 0 Å². The molecule has 2 amide bonds. The molecule has 0 saturated heterocycles. The monoisotopic (exact) mass is 400 g/mol. The molecule has 8 heteroatoms. The predicted molar refractivity (Wildman–Crippen MR) is 103 cm³/mol. The van der Waals surface area contributed by atoms with Crippen molar-refractivity contribution in [1.29, 1.82) is 0 Å². The number of ether oxygens (including phenoxy) is 1. The summed E-state index contributed by atoms with van der Waals surface area (Å²) in [6, 6.07) is 8.21. The number of hydrogen-bond donors (Lipinski definition) is 2. The third-order valence-corrected chi connectivity index (χ3v) is 4.51. The van der Waals surface area contributed by atoms with E-state index in [9.17, 15) is 14.4 Å². The van der Waals surface area contributed by atoms with Gasteiger partial charge in [-0.05, 0) is 55.8 Å². The molecule has 0 unspecified atom stereocenters. The van der Waals surface area contributed by atoms with Crippen LogP contribution in [0.1, 0.15) is 30.0 Å². The van der Waals surface area contributed by atoms with Crippen molar-refractivity contribution < 1.29 is 23.5 Å². The van der Waals surface area contributed by atoms with E-state index >= 15 is 0 Å². The Balaban J connectivity index is 1.95. The van der Waals surface area contributed by atoms with Gasteiger partial charge in [0.1, 0.15) is 17.2 Å². The van der Waals surface area contributed by atoms with E-state index in [2.05, 4.69) is 5.32 Å². The van der Waals surface area contributed by atoms with E-state index in [0.717, 1.165) is 0 Å². The quantitative estimate of drug-likeness (QED) is 0.463. The molecule has 3 N–H and O–H groups in total. The average Bonchev–Trinajstić information content (AvgIpc) is 3.12. The van der Waals surface area contributed by atoms with Crippen molar-refractivity contribution >= 4 is 35.5 Å². The van der Waals surface area contributed by atoms with Gasteiger partial charge in [-0.3, -0.25) is 14.9 Å². The Morgan fingerprint density at radius 3 is 2.71 bits per heavy atom. The highest BCUT2D eigenvalue weighted by Crippen LogP contribution is 2.29. The first-order chi connectivity index (χ1) is 13.3. The smallest absolute Gasteiger partial charge is 0.339 e. The zero-order valence-corrected chi connectivity index (χ0v) is 15.9. The molecule has 0 fully saturated rings. The van der Waals surface area contributed by atoms with Crippen molar-refractivity contribution in [1.82, 2.24) is 5.32 Å². The van der Waals surface area contributed by atoms with Gasteiger partial charge in [-0.1, -0.05) is 11.6 Å². The number of rotatable bonds is 4. The fourth-order valence-corrected chi connectivity index (χ4v) is 2.86. The number of hydrogen-bond acceptors (Lipinski definition) is 6. The normalized spacial score (nSPS) is 15.8. The topological polar surface area (TPSA) is 112 Å². The Hall–Kier alpha value is -3.32. The summed E-state index contributed by atoms with van der Waals surface area (Å²) in [6.07, 6.45) is 1.50. The Labute approximate surface area is 165 Å². The van der Waals surface area contributed by atoms with Crippen LogP contribution < -0.4 is 11.1 Å². The molecular weight excluding hydrogens is 384 g/mol. The molecule has 2 aromatic rings. The lowest BCUT2D eigenvalue weighted by molar-refractivity contribution is -0.126. The second kappa shape index (κ2) is 7.74. The Kier molecular flexibility index (Phi) is 5.37. The van der Waals surface area contributed by atoms with Crippen LogP contribution in [0.3, 0.4) is 0 Å². The maximum Gasteiger partial charge on any atom is 0.339 e. The fourth-order valence-electron chi connectivity index (χ4n) is 2.67. The molecule has 1 aromatic carbocycles. The van der Waals surface area contributed by atoms with Crippen molar-refractivity contribution in [2.45, 2.75) is 13.8 Å². The molecular formula is C20H17ClN2O5. The maximum atomic E-state index is 12.1. The van der Waals surface area contributed by atoms with Gasteiger partial charge in [-0.2, -0.15) is 0 Å². The average molecular weight is 401 g/mol. The Morgan fingerprint density at radius 1 is 1.25 bits per heavy atom. The summed E-state index contributed by atoms with van der Waals surface area (Å²) in [5, 5.41) is 2.44. The van der Waals surface area contributed by atoms with Gasteiger partial charge in [-0.15, -0.1) is 0 Å². The number of imide groups is 1. The third kappa shape index (κ3) is 3.70. The largest absolute Gasteiger partial charge is 0.462 e. The van der Waals surface area contributed by atoms with Gasteiger partial charge >= 0.3 is 5.97 Å². The minimum Gasteiger partial charge on any atom is -0.462 e. The number of esters is 1. The molecule has 0 spiro atoms. The SMILES string of the molecule is CCOC(=O)c1cc(-c2ccc(/C=C3/C(=O)NC(=O)C(N)=C3C)o2)ccc1Cl. The summed E-state index contributed by atoms with van der Waals surface area (Å²) < 4.78 is 10.8. The second-order valence-corrected chi connectivity index (χ2v) is 6.40. The van der Waals surface area contributed by atoms with Crippen molar-refractivity contribution in [3.63, 3.8) is 0 Å². The van der Waals surface area contributed by atoms with Crippen molar-refractivity contribution in [3.8, 4) is 11.3 Å². The van der Waals surface area contributed by atoms with Crippen LogP contribution in [0, 0.1) is 0 Å². The van der Waals surface area contributed by atoms with E-state index in [4.69, 9.17) is 26.5 Å². The number of halogens is 1. The van der Waals surface area contributed by atoms with Crippen LogP contribution in [0.15, 0.2) is 51.6 Å². The molecule has 1 aromatic heterocycles. The highest BCUT2D eigenvalue weighted by Gasteiger charge is 2.26. The van der Waals surface area contributed by atoms with Crippen LogP contribution in [0.25, 0.3) is 17.4 Å². The van der Waals surface area contributed by atoms with Crippen molar-refractivity contribution in [2.75, 3.05) is 6.61 Å². The molecule has 0 atom stereocenters. The van der Waals surface area contributed by atoms with E-state index in [-0.39, 0.29) is 28.5 Å². The van der Waals surface area contributed by atoms with Gasteiger partial charge in [-0.25, -0.2) is 4.79 Å². The first kappa shape index (κ1) is 19.4. The molecule has 0 saturated carbocycles. The standard InChI is InChI=1S/C20H17ClN2O5/c1-3-27-20(26)14-8-11(4-6-15(14)21)16-7-5-12(28-16)9-13-10(2)17(22)19(25)23-18(13)24/h4-9H,3,22H2,1-2H3,(H,23,24,25)/b13-9+. The van der Waals surface area contributed by atoms with Gasteiger partial charge in [0.15, 0.2) is 0 Å². The number of nitrogens with one attached hydrogen (secondary N) is 1. The first-order valence-corrected chi connectivity index (χ1v) is 8.80. The van der Waals surface area contributed by atoms with Crippen LogP contribution in [-0.4, -0.2) is 24.4 Å². The second-order valence-electron chi connectivity index (χ2n) is 6.00. The summed E-state index contributed by atoms with van der Waals surface area (Å²) in [4.78, 5) is 35.6. The van der Waals surface area contributed by atoms with Crippen molar-refractivity contribution in [3.05, 3.63) is 63.5 Å². The maximum absolute atomic E-state index is 12.1. The highest BCUT2D eigenvalue weighted by molar-refractivity contribution is 6.33. The van der Waals surface area contributed by atoms with Gasteiger partial charge < -0.3 is 14.9 Å². The van der Waals surface area contributed by atoms with Gasteiger partial charge in [0, 0.05) is 11.1 Å². The van der Waals surface area contributed by atoms with Crippen LogP contribution in [0.4, 0.5) is 0 Å². The lowest BCUT2D eigenvalue weighted by Crippen LogP contribution is -2.40. The number of carbonyl (C=O) groups is 3. The summed E-state index contributed by atoms with van der Waals surface area (Å²) in [7, 11) is 0. The molecule has 144 valence electrons. The van der Waals surface area contributed by atoms with Gasteiger partial charge in [0.2, 0.25) is 0 Å². The summed E-state index contributed by atoms with van der Waals surface area (Å²) in [5.41, 5.74) is 7.14. The van der Waals surface area contributed by atoms with E-state index in [1.807, 2.05) is 0 Å². The van der Waals surface area contributed by atoms with Gasteiger partial charge in [0.25, 0.3) is 11.8 Å². The first-order valence-electron chi connectivity index (χ1n) is 8.42. The van der Waals surface area contributed by atoms with Crippen LogP contribution >= 0.6 is 11.6 Å². The van der Waals surface area contributed by atoms with E-state index < -0.39 is 17.8 Å². The predicted octanol–water partition coefficient (Wildman–Crippen LogP) is 3.05. The molecule has 0 radical (unpaired) electrons. The number of nitrogens with two attached hydrogens (primary N) is 1. The zero-order chi connectivity index (χ0) is 20.4. The lowest BCUT2D eigenvalue weighted by Gasteiger charge is -2.16. The number of carbonyl (C=O) groups excluding carboxylic acids is 3. The molecule has 28 heavy (non-hydrogen) atoms. The molecule has 1 aliphatic rings. The number of benzene rings is 1. The Morgan fingerprint density at radius 2 is 2.00 bits per heavy atom. The minimum atomic E-state index is -0.618. The highest BCUT2D eigenvalue weighted by atomic mass is 35.5. The van der Waals surface area contributed by atoms with E-state index in [0.29, 0.717) is 22.7 Å². The molecule has 0 bridgehead atoms. The fraction of sp³-hybridized carbons (Fsp3) is 0.150. The van der Waals surface area contributed by atoms with E-state index in [1.54, 1.807) is 44.2 Å². The third-order valence-electron chi connectivity index (χ3n) is 4.18. The molecule has 3 rings (SSSR count). The molecule has 1 aliphatic heterocycles. The molecule has 0 aliphatic carbocycles. The van der Waals surface area contributed by atoms with E-state index in [1.165, 1.54) is 6.08 Å². The lowest BCUT2D eigenvalue weighted by atomic mass is 10.00. The van der Waals surface area contributed by atoms with Gasteiger partial charge in [0.05, 0.1) is 17.2 Å². The molecule has 7 nitrogen and oxygen atoms in total. The summed E-state index contributed by atoms with van der Waals surface area (Å²) in [6.45, 7) is 3.53. The zero-order valence-electron chi connectivity index (χ0n) is 15.2. The number of amides is 2. The summed E-state index contributed by atoms with van der Waals surface area (Å²) >= 11 is 6.08. The minimum absolute atomic E-state index is 0.0191. The molecule has 2 heterocycles. The Bertz CT molecular complexity index is 1050.